The molecule has 15 heavy (non-hydrogen) atoms. The Labute approximate surface area is 89.9 Å². The van der Waals surface area contributed by atoms with Gasteiger partial charge in [-0.05, 0) is 19.8 Å². The third kappa shape index (κ3) is 4.14. The molecule has 0 radical (unpaired) electrons. The van der Waals surface area contributed by atoms with Gasteiger partial charge in [0.1, 0.15) is 0 Å². The molecule has 84 valence electrons. The molecular weight excluding hydrogens is 194 g/mol. The summed E-state index contributed by atoms with van der Waals surface area (Å²) in [6.45, 7) is 3.45. The van der Waals surface area contributed by atoms with Crippen LogP contribution in [0.4, 0.5) is 0 Å². The van der Waals surface area contributed by atoms with Crippen LogP contribution >= 0.6 is 0 Å². The lowest BCUT2D eigenvalue weighted by molar-refractivity contribution is -0.137. The first kappa shape index (κ1) is 11.8. The summed E-state index contributed by atoms with van der Waals surface area (Å²) >= 11 is 0. The van der Waals surface area contributed by atoms with E-state index in [2.05, 4.69) is 0 Å². The van der Waals surface area contributed by atoms with E-state index >= 15 is 0 Å². The molecule has 1 rings (SSSR count). The molecule has 0 aliphatic carbocycles. The number of carbonyl (C=O) groups is 2. The number of esters is 1. The standard InChI is InChI=1S/C11H17NO3/c1-2-15-11(14)7-5-9-12-8-4-3-6-10(12)13/h5,7H,2-4,6,8-9H2,1H3/b7-5+. The first-order valence-electron chi connectivity index (χ1n) is 5.35. The number of nitrogens with zero attached hydrogens (tertiary/aromatic N) is 1. The number of amides is 1. The van der Waals surface area contributed by atoms with E-state index in [0.717, 1.165) is 19.4 Å². The van der Waals surface area contributed by atoms with E-state index in [1.165, 1.54) is 6.08 Å². The van der Waals surface area contributed by atoms with E-state index in [-0.39, 0.29) is 11.9 Å². The zero-order valence-corrected chi connectivity index (χ0v) is 9.07. The molecule has 0 aromatic rings. The molecule has 0 atom stereocenters. The first-order valence-corrected chi connectivity index (χ1v) is 5.35. The SMILES string of the molecule is CCOC(=O)/C=C/CN1CCCCC1=O. The van der Waals surface area contributed by atoms with Gasteiger partial charge in [0.05, 0.1) is 6.61 Å². The van der Waals surface area contributed by atoms with Gasteiger partial charge in [0.25, 0.3) is 0 Å². The fourth-order valence-electron chi connectivity index (χ4n) is 1.52. The highest BCUT2D eigenvalue weighted by Gasteiger charge is 2.15. The Balaban J connectivity index is 2.29. The summed E-state index contributed by atoms with van der Waals surface area (Å²) in [5, 5.41) is 0. The first-order chi connectivity index (χ1) is 7.24. The number of likely N-dealkylation sites (tertiary alicyclic amines) is 1. The number of piperidine rings is 1. The van der Waals surface area contributed by atoms with Crippen molar-refractivity contribution in [2.45, 2.75) is 26.2 Å². The Bertz CT molecular complexity index is 261. The lowest BCUT2D eigenvalue weighted by Crippen LogP contribution is -2.35. The van der Waals surface area contributed by atoms with Crippen LogP contribution in [0.1, 0.15) is 26.2 Å². The molecule has 1 fully saturated rings. The minimum Gasteiger partial charge on any atom is -0.463 e. The second-order valence-electron chi connectivity index (χ2n) is 3.45. The van der Waals surface area contributed by atoms with Crippen LogP contribution in [0.25, 0.3) is 0 Å². The molecule has 0 N–H and O–H groups in total. The molecule has 1 saturated heterocycles. The van der Waals surface area contributed by atoms with Gasteiger partial charge in [-0.25, -0.2) is 4.79 Å². The average molecular weight is 211 g/mol. The van der Waals surface area contributed by atoms with Crippen molar-refractivity contribution in [3.05, 3.63) is 12.2 Å². The summed E-state index contributed by atoms with van der Waals surface area (Å²) in [7, 11) is 0. The summed E-state index contributed by atoms with van der Waals surface area (Å²) in [6, 6.07) is 0. The quantitative estimate of drug-likeness (QED) is 0.517. The van der Waals surface area contributed by atoms with Crippen LogP contribution in [0.5, 0.6) is 0 Å². The van der Waals surface area contributed by atoms with Gasteiger partial charge in [0, 0.05) is 25.6 Å². The minimum absolute atomic E-state index is 0.176. The summed E-state index contributed by atoms with van der Waals surface area (Å²) < 4.78 is 4.73. The van der Waals surface area contributed by atoms with Crippen LogP contribution in [0.3, 0.4) is 0 Å². The van der Waals surface area contributed by atoms with E-state index in [1.807, 2.05) is 0 Å². The van der Waals surface area contributed by atoms with E-state index in [4.69, 9.17) is 4.74 Å². The van der Waals surface area contributed by atoms with Crippen molar-refractivity contribution in [1.82, 2.24) is 4.90 Å². The van der Waals surface area contributed by atoms with Crippen LogP contribution in [0.15, 0.2) is 12.2 Å². The molecule has 1 amide bonds. The van der Waals surface area contributed by atoms with Gasteiger partial charge < -0.3 is 9.64 Å². The number of rotatable bonds is 4. The lowest BCUT2D eigenvalue weighted by Gasteiger charge is -2.25. The molecule has 0 saturated carbocycles. The van der Waals surface area contributed by atoms with E-state index in [0.29, 0.717) is 19.6 Å². The van der Waals surface area contributed by atoms with Crippen molar-refractivity contribution in [2.24, 2.45) is 0 Å². The van der Waals surface area contributed by atoms with Crippen molar-refractivity contribution in [3.63, 3.8) is 0 Å². The molecule has 1 aliphatic heterocycles. The number of hydrogen-bond acceptors (Lipinski definition) is 3. The summed E-state index contributed by atoms with van der Waals surface area (Å²) in [5.74, 6) is -0.170. The molecule has 4 heteroatoms. The van der Waals surface area contributed by atoms with Gasteiger partial charge in [-0.3, -0.25) is 4.79 Å². The van der Waals surface area contributed by atoms with Crippen LogP contribution in [-0.2, 0) is 14.3 Å². The number of hydrogen-bond donors (Lipinski definition) is 0. The van der Waals surface area contributed by atoms with Crippen LogP contribution in [0.2, 0.25) is 0 Å². The number of ether oxygens (including phenoxy) is 1. The van der Waals surface area contributed by atoms with Crippen LogP contribution < -0.4 is 0 Å². The maximum Gasteiger partial charge on any atom is 0.330 e. The third-order valence-electron chi connectivity index (χ3n) is 2.29. The monoisotopic (exact) mass is 211 g/mol. The van der Waals surface area contributed by atoms with Crippen molar-refractivity contribution in [1.29, 1.82) is 0 Å². The molecule has 1 aliphatic rings. The highest BCUT2D eigenvalue weighted by molar-refractivity contribution is 5.82. The molecule has 0 aromatic carbocycles. The van der Waals surface area contributed by atoms with Crippen molar-refractivity contribution >= 4 is 11.9 Å². The topological polar surface area (TPSA) is 46.6 Å². The maximum atomic E-state index is 11.4. The molecule has 0 spiro atoms. The Morgan fingerprint density at radius 1 is 1.53 bits per heavy atom. The Kier molecular flexibility index (Phi) is 4.87. The van der Waals surface area contributed by atoms with Gasteiger partial charge in [-0.15, -0.1) is 0 Å². The summed E-state index contributed by atoms with van der Waals surface area (Å²) in [5.41, 5.74) is 0. The Morgan fingerprint density at radius 3 is 3.00 bits per heavy atom. The van der Waals surface area contributed by atoms with Gasteiger partial charge in [-0.1, -0.05) is 6.08 Å². The van der Waals surface area contributed by atoms with Crippen molar-refractivity contribution in [3.8, 4) is 0 Å². The van der Waals surface area contributed by atoms with Crippen LogP contribution in [-0.4, -0.2) is 36.5 Å². The fourth-order valence-corrected chi connectivity index (χ4v) is 1.52. The highest BCUT2D eigenvalue weighted by atomic mass is 16.5. The average Bonchev–Trinajstić information content (AvgIpc) is 2.21. The fraction of sp³-hybridized carbons (Fsp3) is 0.636. The second-order valence-corrected chi connectivity index (χ2v) is 3.45. The third-order valence-corrected chi connectivity index (χ3v) is 2.29. The van der Waals surface area contributed by atoms with Crippen LogP contribution in [0, 0.1) is 0 Å². The Morgan fingerprint density at radius 2 is 2.33 bits per heavy atom. The minimum atomic E-state index is -0.345. The lowest BCUT2D eigenvalue weighted by atomic mass is 10.1. The highest BCUT2D eigenvalue weighted by Crippen LogP contribution is 2.09. The Hall–Kier alpha value is -1.32. The molecule has 1 heterocycles. The summed E-state index contributed by atoms with van der Waals surface area (Å²) in [4.78, 5) is 24.1. The molecule has 0 unspecified atom stereocenters. The zero-order valence-electron chi connectivity index (χ0n) is 9.07. The molecule has 0 aromatic heterocycles. The van der Waals surface area contributed by atoms with Crippen molar-refractivity contribution in [2.75, 3.05) is 19.7 Å². The predicted octanol–water partition coefficient (Wildman–Crippen LogP) is 1.12. The zero-order chi connectivity index (χ0) is 11.1. The van der Waals surface area contributed by atoms with Gasteiger partial charge >= 0.3 is 5.97 Å². The van der Waals surface area contributed by atoms with E-state index in [1.54, 1.807) is 17.9 Å². The molecule has 0 bridgehead atoms. The number of carbonyl (C=O) groups excluding carboxylic acids is 2. The smallest absolute Gasteiger partial charge is 0.330 e. The van der Waals surface area contributed by atoms with Gasteiger partial charge in [0.15, 0.2) is 0 Å². The normalized spacial score (nSPS) is 17.1. The van der Waals surface area contributed by atoms with E-state index in [9.17, 15) is 9.59 Å². The summed E-state index contributed by atoms with van der Waals surface area (Å²) in [6.07, 6.45) is 5.73. The predicted molar refractivity (Wildman–Crippen MR) is 56.2 cm³/mol. The molecular formula is C11H17NO3. The second kappa shape index (κ2) is 6.22. The van der Waals surface area contributed by atoms with Gasteiger partial charge in [0.2, 0.25) is 5.91 Å². The van der Waals surface area contributed by atoms with Crippen molar-refractivity contribution < 1.29 is 14.3 Å². The largest absolute Gasteiger partial charge is 0.463 e. The van der Waals surface area contributed by atoms with Gasteiger partial charge in [-0.2, -0.15) is 0 Å². The van der Waals surface area contributed by atoms with E-state index < -0.39 is 0 Å². The maximum absolute atomic E-state index is 11.4. The molecule has 4 nitrogen and oxygen atoms in total.